The van der Waals surface area contributed by atoms with Gasteiger partial charge in [-0.3, -0.25) is 4.79 Å². The molecule has 1 aromatic heterocycles. The molecule has 5 heteroatoms. The van der Waals surface area contributed by atoms with Gasteiger partial charge in [-0.25, -0.2) is 4.98 Å². The van der Waals surface area contributed by atoms with Gasteiger partial charge in [0.05, 0.1) is 16.4 Å². The second-order valence-corrected chi connectivity index (χ2v) is 5.85. The Hall–Kier alpha value is -1.07. The van der Waals surface area contributed by atoms with E-state index in [9.17, 15) is 9.90 Å². The molecule has 1 amide bonds. The molecule has 1 unspecified atom stereocenters. The maximum absolute atomic E-state index is 12.2. The zero-order valence-corrected chi connectivity index (χ0v) is 11.3. The molecule has 98 valence electrons. The van der Waals surface area contributed by atoms with Crippen LogP contribution in [-0.2, 0) is 4.79 Å². The van der Waals surface area contributed by atoms with Crippen molar-refractivity contribution in [3.05, 3.63) is 24.4 Å². The second-order valence-electron chi connectivity index (χ2n) is 4.48. The lowest BCUT2D eigenvalue weighted by molar-refractivity contribution is -0.132. The molecule has 0 radical (unpaired) electrons. The molecule has 1 atom stereocenters. The summed E-state index contributed by atoms with van der Waals surface area (Å²) in [4.78, 5) is 18.3. The third-order valence-corrected chi connectivity index (χ3v) is 4.10. The van der Waals surface area contributed by atoms with Crippen molar-refractivity contribution in [3.8, 4) is 0 Å². The fourth-order valence-electron chi connectivity index (χ4n) is 1.99. The standard InChI is InChI=1S/C13H18N2O2S/c1-10(18-12-4-2-3-7-14-12)13(17)15-8-5-11(16)6-9-15/h2-4,7,10-11,16H,5-6,8-9H2,1H3. The Morgan fingerprint density at radius 2 is 2.22 bits per heavy atom. The van der Waals surface area contributed by atoms with E-state index >= 15 is 0 Å². The number of aliphatic hydroxyl groups excluding tert-OH is 1. The van der Waals surface area contributed by atoms with Crippen LogP contribution in [0.15, 0.2) is 29.4 Å². The Morgan fingerprint density at radius 1 is 1.50 bits per heavy atom. The minimum Gasteiger partial charge on any atom is -0.393 e. The summed E-state index contributed by atoms with van der Waals surface area (Å²) in [5, 5.41) is 10.2. The molecule has 1 aliphatic rings. The van der Waals surface area contributed by atoms with Gasteiger partial charge in [-0.2, -0.15) is 0 Å². The number of hydrogen-bond donors (Lipinski definition) is 1. The number of carbonyl (C=O) groups is 1. The predicted octanol–water partition coefficient (Wildman–Crippen LogP) is 1.55. The van der Waals surface area contributed by atoms with E-state index in [0.717, 1.165) is 5.03 Å². The highest BCUT2D eigenvalue weighted by Gasteiger charge is 2.25. The molecular weight excluding hydrogens is 248 g/mol. The molecule has 1 aliphatic heterocycles. The lowest BCUT2D eigenvalue weighted by atomic mass is 10.1. The molecule has 0 aromatic carbocycles. The van der Waals surface area contributed by atoms with Gasteiger partial charge < -0.3 is 10.0 Å². The monoisotopic (exact) mass is 266 g/mol. The maximum atomic E-state index is 12.2. The summed E-state index contributed by atoms with van der Waals surface area (Å²) < 4.78 is 0. The Bertz CT molecular complexity index is 391. The average Bonchev–Trinajstić information content (AvgIpc) is 2.40. The van der Waals surface area contributed by atoms with Crippen molar-refractivity contribution in [2.24, 2.45) is 0 Å². The van der Waals surface area contributed by atoms with Crippen LogP contribution >= 0.6 is 11.8 Å². The third-order valence-electron chi connectivity index (χ3n) is 3.06. The van der Waals surface area contributed by atoms with Gasteiger partial charge in [0.1, 0.15) is 0 Å². The summed E-state index contributed by atoms with van der Waals surface area (Å²) in [5.74, 6) is 0.137. The molecule has 4 nitrogen and oxygen atoms in total. The Kier molecular flexibility index (Phi) is 4.60. The first-order chi connectivity index (χ1) is 8.66. The van der Waals surface area contributed by atoms with Crippen molar-refractivity contribution in [3.63, 3.8) is 0 Å². The number of amides is 1. The fraction of sp³-hybridized carbons (Fsp3) is 0.538. The van der Waals surface area contributed by atoms with Crippen molar-refractivity contribution < 1.29 is 9.90 Å². The summed E-state index contributed by atoms with van der Waals surface area (Å²) in [7, 11) is 0. The lowest BCUT2D eigenvalue weighted by Crippen LogP contribution is -2.43. The molecule has 2 rings (SSSR count). The summed E-state index contributed by atoms with van der Waals surface area (Å²) in [5.41, 5.74) is 0. The van der Waals surface area contributed by atoms with Gasteiger partial charge in [-0.1, -0.05) is 17.8 Å². The van der Waals surface area contributed by atoms with Crippen molar-refractivity contribution in [2.75, 3.05) is 13.1 Å². The van der Waals surface area contributed by atoms with Crippen LogP contribution in [0.2, 0.25) is 0 Å². The number of carbonyl (C=O) groups excluding carboxylic acids is 1. The van der Waals surface area contributed by atoms with Crippen LogP contribution in [-0.4, -0.2) is 45.3 Å². The molecular formula is C13H18N2O2S. The molecule has 0 spiro atoms. The van der Waals surface area contributed by atoms with E-state index in [1.54, 1.807) is 6.20 Å². The highest BCUT2D eigenvalue weighted by atomic mass is 32.2. The van der Waals surface area contributed by atoms with E-state index < -0.39 is 0 Å². The molecule has 1 fully saturated rings. The van der Waals surface area contributed by atoms with E-state index in [-0.39, 0.29) is 17.3 Å². The van der Waals surface area contributed by atoms with Gasteiger partial charge in [0.25, 0.3) is 0 Å². The third kappa shape index (κ3) is 3.46. The normalized spacial score (nSPS) is 18.7. The SMILES string of the molecule is CC(Sc1ccccn1)C(=O)N1CCC(O)CC1. The number of pyridine rings is 1. The van der Waals surface area contributed by atoms with E-state index in [1.165, 1.54) is 11.8 Å². The largest absolute Gasteiger partial charge is 0.393 e. The number of aromatic nitrogens is 1. The second kappa shape index (κ2) is 6.20. The Morgan fingerprint density at radius 3 is 2.83 bits per heavy atom. The summed E-state index contributed by atoms with van der Waals surface area (Å²) in [6, 6.07) is 5.70. The zero-order valence-electron chi connectivity index (χ0n) is 10.5. The molecule has 0 saturated carbocycles. The van der Waals surface area contributed by atoms with Crippen LogP contribution in [0.5, 0.6) is 0 Å². The van der Waals surface area contributed by atoms with Crippen LogP contribution in [0, 0.1) is 0 Å². The van der Waals surface area contributed by atoms with Crippen LogP contribution in [0.1, 0.15) is 19.8 Å². The van der Waals surface area contributed by atoms with E-state index in [2.05, 4.69) is 4.98 Å². The Balaban J connectivity index is 1.89. The summed E-state index contributed by atoms with van der Waals surface area (Å²) in [6.07, 6.45) is 2.86. The van der Waals surface area contributed by atoms with Gasteiger partial charge in [0.15, 0.2) is 0 Å². The smallest absolute Gasteiger partial charge is 0.235 e. The average molecular weight is 266 g/mol. The van der Waals surface area contributed by atoms with E-state index in [1.807, 2.05) is 30.0 Å². The number of aliphatic hydroxyl groups is 1. The summed E-state index contributed by atoms with van der Waals surface area (Å²) in [6.45, 7) is 3.23. The highest BCUT2D eigenvalue weighted by Crippen LogP contribution is 2.23. The molecule has 1 aromatic rings. The number of piperidine rings is 1. The quantitative estimate of drug-likeness (QED) is 0.843. The summed E-state index contributed by atoms with van der Waals surface area (Å²) >= 11 is 1.48. The topological polar surface area (TPSA) is 53.4 Å². The number of thioether (sulfide) groups is 1. The Labute approximate surface area is 111 Å². The molecule has 0 aliphatic carbocycles. The van der Waals surface area contributed by atoms with Crippen LogP contribution in [0.25, 0.3) is 0 Å². The van der Waals surface area contributed by atoms with Gasteiger partial charge in [-0.15, -0.1) is 0 Å². The lowest BCUT2D eigenvalue weighted by Gasteiger charge is -2.31. The first-order valence-corrected chi connectivity index (χ1v) is 7.09. The molecule has 2 heterocycles. The number of hydrogen-bond acceptors (Lipinski definition) is 4. The number of nitrogens with zero attached hydrogens (tertiary/aromatic N) is 2. The van der Waals surface area contributed by atoms with Crippen molar-refractivity contribution >= 4 is 17.7 Å². The van der Waals surface area contributed by atoms with E-state index in [0.29, 0.717) is 25.9 Å². The van der Waals surface area contributed by atoms with Crippen molar-refractivity contribution in [2.45, 2.75) is 36.1 Å². The predicted molar refractivity (Wildman–Crippen MR) is 71.4 cm³/mol. The van der Waals surface area contributed by atoms with Gasteiger partial charge in [0.2, 0.25) is 5.91 Å². The van der Waals surface area contributed by atoms with Gasteiger partial charge in [-0.05, 0) is 31.9 Å². The fourth-order valence-corrected chi connectivity index (χ4v) is 2.88. The van der Waals surface area contributed by atoms with Crippen molar-refractivity contribution in [1.29, 1.82) is 0 Å². The highest BCUT2D eigenvalue weighted by molar-refractivity contribution is 8.00. The van der Waals surface area contributed by atoms with Gasteiger partial charge >= 0.3 is 0 Å². The number of rotatable bonds is 3. The molecule has 1 N–H and O–H groups in total. The zero-order chi connectivity index (χ0) is 13.0. The first-order valence-electron chi connectivity index (χ1n) is 6.21. The molecule has 0 bridgehead atoms. The van der Waals surface area contributed by atoms with E-state index in [4.69, 9.17) is 0 Å². The molecule has 18 heavy (non-hydrogen) atoms. The van der Waals surface area contributed by atoms with Crippen LogP contribution in [0.3, 0.4) is 0 Å². The minimum absolute atomic E-state index is 0.129. The molecule has 1 saturated heterocycles. The van der Waals surface area contributed by atoms with Crippen LogP contribution in [0.4, 0.5) is 0 Å². The minimum atomic E-state index is -0.243. The van der Waals surface area contributed by atoms with Gasteiger partial charge in [0, 0.05) is 19.3 Å². The van der Waals surface area contributed by atoms with Crippen LogP contribution < -0.4 is 0 Å². The number of likely N-dealkylation sites (tertiary alicyclic amines) is 1. The van der Waals surface area contributed by atoms with Crippen molar-refractivity contribution in [1.82, 2.24) is 9.88 Å². The first kappa shape index (κ1) is 13.4. The maximum Gasteiger partial charge on any atom is 0.235 e.